The van der Waals surface area contributed by atoms with E-state index in [1.54, 1.807) is 0 Å². The van der Waals surface area contributed by atoms with Crippen LogP contribution in [-0.4, -0.2) is 22.1 Å². The molecule has 1 aromatic rings. The zero-order valence-electron chi connectivity index (χ0n) is 13.4. The van der Waals surface area contributed by atoms with Crippen molar-refractivity contribution in [3.8, 4) is 0 Å². The van der Waals surface area contributed by atoms with E-state index in [2.05, 4.69) is 69.1 Å². The molecule has 0 fully saturated rings. The SMILES string of the molecule is CCc1ccccc1NC(=S)N([C@H](C)CC)[C@@H](C)CC. The lowest BCUT2D eigenvalue weighted by molar-refractivity contribution is 0.254. The highest BCUT2D eigenvalue weighted by Crippen LogP contribution is 2.19. The summed E-state index contributed by atoms with van der Waals surface area (Å²) in [4.78, 5) is 2.34. The fourth-order valence-corrected chi connectivity index (χ4v) is 2.83. The maximum absolute atomic E-state index is 5.66. The predicted molar refractivity (Wildman–Crippen MR) is 93.4 cm³/mol. The van der Waals surface area contributed by atoms with E-state index in [4.69, 9.17) is 12.2 Å². The molecule has 1 aromatic carbocycles. The summed E-state index contributed by atoms with van der Waals surface area (Å²) in [5.74, 6) is 0. The Morgan fingerprint density at radius 3 is 2.15 bits per heavy atom. The monoisotopic (exact) mass is 292 g/mol. The molecule has 3 heteroatoms. The van der Waals surface area contributed by atoms with Gasteiger partial charge in [0.05, 0.1) is 0 Å². The third-order valence-corrected chi connectivity index (χ3v) is 4.32. The number of aryl methyl sites for hydroxylation is 1. The molecule has 1 rings (SSSR count). The number of anilines is 1. The van der Waals surface area contributed by atoms with E-state index in [1.165, 1.54) is 5.56 Å². The van der Waals surface area contributed by atoms with Gasteiger partial charge in [0.2, 0.25) is 0 Å². The minimum absolute atomic E-state index is 0.457. The lowest BCUT2D eigenvalue weighted by atomic mass is 10.1. The molecule has 0 amide bonds. The van der Waals surface area contributed by atoms with Crippen LogP contribution in [0, 0.1) is 0 Å². The lowest BCUT2D eigenvalue weighted by Crippen LogP contribution is -2.46. The van der Waals surface area contributed by atoms with Crippen molar-refractivity contribution >= 4 is 23.0 Å². The quantitative estimate of drug-likeness (QED) is 0.755. The van der Waals surface area contributed by atoms with E-state index in [0.29, 0.717) is 12.1 Å². The molecule has 2 atom stereocenters. The van der Waals surface area contributed by atoms with Gasteiger partial charge in [0.25, 0.3) is 0 Å². The van der Waals surface area contributed by atoms with Crippen molar-refractivity contribution in [3.05, 3.63) is 29.8 Å². The van der Waals surface area contributed by atoms with E-state index < -0.39 is 0 Å². The highest BCUT2D eigenvalue weighted by molar-refractivity contribution is 7.80. The molecule has 0 unspecified atom stereocenters. The van der Waals surface area contributed by atoms with Crippen molar-refractivity contribution in [1.82, 2.24) is 4.90 Å². The number of nitrogens with one attached hydrogen (secondary N) is 1. The van der Waals surface area contributed by atoms with Crippen molar-refractivity contribution < 1.29 is 0 Å². The molecule has 0 bridgehead atoms. The Hall–Kier alpha value is -1.09. The summed E-state index contributed by atoms with van der Waals surface area (Å²) in [6.07, 6.45) is 3.21. The molecule has 0 heterocycles. The van der Waals surface area contributed by atoms with Crippen molar-refractivity contribution in [2.45, 2.75) is 66.0 Å². The summed E-state index contributed by atoms with van der Waals surface area (Å²) in [6, 6.07) is 9.31. The number of rotatable bonds is 6. The van der Waals surface area contributed by atoms with Gasteiger partial charge >= 0.3 is 0 Å². The molecular formula is C17H28N2S. The number of benzene rings is 1. The highest BCUT2D eigenvalue weighted by atomic mass is 32.1. The van der Waals surface area contributed by atoms with Crippen LogP contribution in [0.3, 0.4) is 0 Å². The van der Waals surface area contributed by atoms with Crippen LogP contribution in [-0.2, 0) is 6.42 Å². The molecule has 0 aliphatic heterocycles. The Labute approximate surface area is 129 Å². The average Bonchev–Trinajstić information content (AvgIpc) is 2.47. The van der Waals surface area contributed by atoms with Gasteiger partial charge < -0.3 is 10.2 Å². The molecular weight excluding hydrogens is 264 g/mol. The van der Waals surface area contributed by atoms with Gasteiger partial charge in [-0.1, -0.05) is 39.0 Å². The molecule has 2 nitrogen and oxygen atoms in total. The van der Waals surface area contributed by atoms with Gasteiger partial charge in [-0.3, -0.25) is 0 Å². The minimum Gasteiger partial charge on any atom is -0.344 e. The van der Waals surface area contributed by atoms with E-state index in [1.807, 2.05) is 0 Å². The van der Waals surface area contributed by atoms with Crippen LogP contribution in [0.25, 0.3) is 0 Å². The first-order valence-corrected chi connectivity index (χ1v) is 8.13. The van der Waals surface area contributed by atoms with Gasteiger partial charge in [0.15, 0.2) is 5.11 Å². The molecule has 0 aromatic heterocycles. The zero-order valence-corrected chi connectivity index (χ0v) is 14.3. The van der Waals surface area contributed by atoms with Crippen LogP contribution in [0.2, 0.25) is 0 Å². The molecule has 0 radical (unpaired) electrons. The standard InChI is InChI=1S/C17H28N2S/c1-6-13(4)19(14(5)7-2)17(20)18-16-12-10-9-11-15(16)8-3/h9-14H,6-8H2,1-5H3,(H,18,20)/t13-,14+. The lowest BCUT2D eigenvalue weighted by Gasteiger charge is -2.36. The van der Waals surface area contributed by atoms with Crippen LogP contribution in [0.15, 0.2) is 24.3 Å². The van der Waals surface area contributed by atoms with Crippen LogP contribution in [0.1, 0.15) is 53.0 Å². The Bertz CT molecular complexity index is 421. The smallest absolute Gasteiger partial charge is 0.173 e. The zero-order chi connectivity index (χ0) is 15.1. The molecule has 112 valence electrons. The van der Waals surface area contributed by atoms with E-state index in [9.17, 15) is 0 Å². The van der Waals surface area contributed by atoms with Gasteiger partial charge in [0, 0.05) is 17.8 Å². The Morgan fingerprint density at radius 2 is 1.65 bits per heavy atom. The molecule has 0 aliphatic carbocycles. The second-order valence-electron chi connectivity index (χ2n) is 5.36. The highest BCUT2D eigenvalue weighted by Gasteiger charge is 2.21. The van der Waals surface area contributed by atoms with Crippen molar-refractivity contribution in [1.29, 1.82) is 0 Å². The fourth-order valence-electron chi connectivity index (χ4n) is 2.36. The van der Waals surface area contributed by atoms with E-state index in [-0.39, 0.29) is 0 Å². The summed E-state index contributed by atoms with van der Waals surface area (Å²) in [5.41, 5.74) is 2.44. The third kappa shape index (κ3) is 4.20. The number of nitrogens with zero attached hydrogens (tertiary/aromatic N) is 1. The summed E-state index contributed by atoms with van der Waals surface area (Å²) in [5, 5.41) is 4.29. The maximum Gasteiger partial charge on any atom is 0.173 e. The molecule has 0 saturated heterocycles. The number of para-hydroxylation sites is 1. The van der Waals surface area contributed by atoms with Gasteiger partial charge in [-0.15, -0.1) is 0 Å². The third-order valence-electron chi connectivity index (χ3n) is 4.01. The van der Waals surface area contributed by atoms with E-state index >= 15 is 0 Å². The topological polar surface area (TPSA) is 15.3 Å². The predicted octanol–water partition coefficient (Wildman–Crippen LogP) is 4.84. The second kappa shape index (κ2) is 8.25. The van der Waals surface area contributed by atoms with E-state index in [0.717, 1.165) is 30.1 Å². The van der Waals surface area contributed by atoms with Crippen molar-refractivity contribution in [2.75, 3.05) is 5.32 Å². The second-order valence-corrected chi connectivity index (χ2v) is 5.75. The molecule has 20 heavy (non-hydrogen) atoms. The number of hydrogen-bond acceptors (Lipinski definition) is 1. The fraction of sp³-hybridized carbons (Fsp3) is 0.588. The summed E-state index contributed by atoms with van der Waals surface area (Å²) < 4.78 is 0. The number of hydrogen-bond donors (Lipinski definition) is 1. The van der Waals surface area contributed by atoms with Crippen LogP contribution in [0.5, 0.6) is 0 Å². The van der Waals surface area contributed by atoms with Gasteiger partial charge in [-0.05, 0) is 57.0 Å². The van der Waals surface area contributed by atoms with Crippen molar-refractivity contribution in [2.24, 2.45) is 0 Å². The molecule has 1 N–H and O–H groups in total. The maximum atomic E-state index is 5.66. The Kier molecular flexibility index (Phi) is 7.00. The van der Waals surface area contributed by atoms with Crippen LogP contribution >= 0.6 is 12.2 Å². The first-order valence-electron chi connectivity index (χ1n) is 7.72. The average molecular weight is 292 g/mol. The van der Waals surface area contributed by atoms with Crippen LogP contribution in [0.4, 0.5) is 5.69 Å². The first-order chi connectivity index (χ1) is 9.54. The van der Waals surface area contributed by atoms with Gasteiger partial charge in [-0.2, -0.15) is 0 Å². The molecule has 0 spiro atoms. The van der Waals surface area contributed by atoms with Gasteiger partial charge in [0.1, 0.15) is 0 Å². The Morgan fingerprint density at radius 1 is 1.10 bits per heavy atom. The molecule has 0 aliphatic rings. The Balaban J connectivity index is 2.90. The number of thiocarbonyl (C=S) groups is 1. The summed E-state index contributed by atoms with van der Waals surface area (Å²) in [6.45, 7) is 11.1. The summed E-state index contributed by atoms with van der Waals surface area (Å²) >= 11 is 5.66. The summed E-state index contributed by atoms with van der Waals surface area (Å²) in [7, 11) is 0. The molecule has 0 saturated carbocycles. The normalized spacial score (nSPS) is 13.7. The largest absolute Gasteiger partial charge is 0.344 e. The van der Waals surface area contributed by atoms with Gasteiger partial charge in [-0.25, -0.2) is 0 Å². The first kappa shape index (κ1) is 17.0. The van der Waals surface area contributed by atoms with Crippen molar-refractivity contribution in [3.63, 3.8) is 0 Å². The van der Waals surface area contributed by atoms with Crippen LogP contribution < -0.4 is 5.32 Å². The minimum atomic E-state index is 0.457.